The number of H-pyrrole nitrogens is 1. The minimum absolute atomic E-state index is 0.0430. The maximum Gasteiger partial charge on any atom is 0.410 e. The Morgan fingerprint density at radius 1 is 1.03 bits per heavy atom. The molecule has 3 aromatic carbocycles. The fourth-order valence-electron chi connectivity index (χ4n) is 4.24. The van der Waals surface area contributed by atoms with Crippen molar-refractivity contribution in [3.8, 4) is 5.75 Å². The van der Waals surface area contributed by atoms with E-state index in [1.807, 2.05) is 48.5 Å². The zero-order chi connectivity index (χ0) is 26.3. The van der Waals surface area contributed by atoms with Crippen LogP contribution in [0.2, 0.25) is 0 Å². The van der Waals surface area contributed by atoms with Gasteiger partial charge >= 0.3 is 11.0 Å². The highest BCUT2D eigenvalue weighted by atomic mass is 32.1. The number of fused-ring (bicyclic) bond motifs is 1. The molecule has 0 aliphatic rings. The number of phenols is 1. The Morgan fingerprint density at radius 3 is 2.46 bits per heavy atom. The fourth-order valence-corrected chi connectivity index (χ4v) is 5.13. The molecule has 0 unspecified atom stereocenters. The van der Waals surface area contributed by atoms with Crippen molar-refractivity contribution in [1.29, 1.82) is 0 Å². The maximum absolute atomic E-state index is 13.1. The zero-order valence-electron chi connectivity index (χ0n) is 21.2. The molecule has 194 valence electrons. The van der Waals surface area contributed by atoms with Crippen LogP contribution in [0.15, 0.2) is 77.6 Å². The Kier molecular flexibility index (Phi) is 8.63. The van der Waals surface area contributed by atoms with Crippen molar-refractivity contribution in [2.24, 2.45) is 0 Å². The van der Waals surface area contributed by atoms with E-state index in [4.69, 9.17) is 4.74 Å². The molecular weight excluding hydrogens is 486 g/mol. The van der Waals surface area contributed by atoms with E-state index in [9.17, 15) is 14.7 Å². The van der Waals surface area contributed by atoms with E-state index >= 15 is 0 Å². The van der Waals surface area contributed by atoms with Gasteiger partial charge in [-0.2, -0.15) is 0 Å². The van der Waals surface area contributed by atoms with Crippen molar-refractivity contribution < 1.29 is 14.6 Å². The van der Waals surface area contributed by atoms with Crippen molar-refractivity contribution in [1.82, 2.24) is 15.2 Å². The molecule has 1 amide bonds. The number of amides is 1. The summed E-state index contributed by atoms with van der Waals surface area (Å²) in [6.07, 6.45) is 0.144. The van der Waals surface area contributed by atoms with E-state index in [0.717, 1.165) is 29.0 Å². The highest BCUT2D eigenvalue weighted by Gasteiger charge is 2.21. The van der Waals surface area contributed by atoms with Crippen molar-refractivity contribution in [3.05, 3.63) is 99.2 Å². The standard InChI is InChI=1S/C29H33N3O4S/c1-29(2,23-11-7-4-8-12-23)20-30-16-18-32(28(35)36-19-21-9-5-3-6-10-21)17-15-22-13-14-24(33)25-26(22)37-27(34)31-25/h3-14,30,33H,15-20H2,1-2H3,(H,31,34). The molecule has 3 N–H and O–H groups in total. The summed E-state index contributed by atoms with van der Waals surface area (Å²) >= 11 is 1.06. The van der Waals surface area contributed by atoms with Crippen LogP contribution in [-0.4, -0.2) is 47.3 Å². The minimum Gasteiger partial charge on any atom is -0.506 e. The van der Waals surface area contributed by atoms with Crippen LogP contribution in [0.1, 0.15) is 30.5 Å². The van der Waals surface area contributed by atoms with E-state index in [2.05, 4.69) is 36.3 Å². The molecule has 0 atom stereocenters. The first kappa shape index (κ1) is 26.4. The number of phenolic OH excluding ortho intramolecular Hbond substituents is 1. The van der Waals surface area contributed by atoms with Gasteiger partial charge in [-0.15, -0.1) is 0 Å². The third kappa shape index (κ3) is 6.99. The van der Waals surface area contributed by atoms with Crippen LogP contribution in [0.5, 0.6) is 5.75 Å². The van der Waals surface area contributed by atoms with E-state index < -0.39 is 0 Å². The molecule has 37 heavy (non-hydrogen) atoms. The second-order valence-electron chi connectivity index (χ2n) is 9.67. The predicted octanol–water partition coefficient (Wildman–Crippen LogP) is 5.04. The zero-order valence-corrected chi connectivity index (χ0v) is 22.0. The average molecular weight is 520 g/mol. The molecule has 7 nitrogen and oxygen atoms in total. The molecule has 0 saturated heterocycles. The molecular formula is C29H33N3O4S. The molecule has 4 aromatic rings. The molecule has 1 heterocycles. The first-order valence-electron chi connectivity index (χ1n) is 12.4. The maximum atomic E-state index is 13.1. The number of nitrogens with one attached hydrogen (secondary N) is 2. The van der Waals surface area contributed by atoms with Crippen molar-refractivity contribution in [2.75, 3.05) is 26.2 Å². The average Bonchev–Trinajstić information content (AvgIpc) is 3.31. The van der Waals surface area contributed by atoms with Gasteiger partial charge in [0.2, 0.25) is 0 Å². The number of benzene rings is 3. The second-order valence-corrected chi connectivity index (χ2v) is 10.6. The van der Waals surface area contributed by atoms with Gasteiger partial charge in [0.15, 0.2) is 0 Å². The van der Waals surface area contributed by atoms with Crippen molar-refractivity contribution in [2.45, 2.75) is 32.3 Å². The van der Waals surface area contributed by atoms with Gasteiger partial charge in [0.05, 0.1) is 4.70 Å². The monoisotopic (exact) mass is 519 g/mol. The molecule has 0 aliphatic carbocycles. The normalized spacial score (nSPS) is 11.5. The van der Waals surface area contributed by atoms with Gasteiger partial charge in [0, 0.05) is 31.6 Å². The van der Waals surface area contributed by atoms with Crippen LogP contribution < -0.4 is 10.2 Å². The third-order valence-electron chi connectivity index (χ3n) is 6.43. The molecule has 8 heteroatoms. The molecule has 0 saturated carbocycles. The van der Waals surface area contributed by atoms with E-state index in [-0.39, 0.29) is 28.7 Å². The first-order valence-corrected chi connectivity index (χ1v) is 13.2. The Balaban J connectivity index is 1.40. The van der Waals surface area contributed by atoms with Gasteiger partial charge < -0.3 is 25.0 Å². The lowest BCUT2D eigenvalue weighted by molar-refractivity contribution is 0.0967. The summed E-state index contributed by atoms with van der Waals surface area (Å²) in [7, 11) is 0. The number of hydrogen-bond acceptors (Lipinski definition) is 6. The number of aromatic hydroxyl groups is 1. The quantitative estimate of drug-likeness (QED) is 0.241. The van der Waals surface area contributed by atoms with Gasteiger partial charge in [-0.25, -0.2) is 4.79 Å². The number of nitrogens with zero attached hydrogens (tertiary/aromatic N) is 1. The number of carbonyl (C=O) groups is 1. The Hall–Kier alpha value is -3.62. The van der Waals surface area contributed by atoms with Crippen molar-refractivity contribution >= 4 is 27.6 Å². The topological polar surface area (TPSA) is 94.7 Å². The van der Waals surface area contributed by atoms with E-state index in [1.165, 1.54) is 5.56 Å². The summed E-state index contributed by atoms with van der Waals surface area (Å²) in [5.74, 6) is 0.0430. The molecule has 0 fully saturated rings. The summed E-state index contributed by atoms with van der Waals surface area (Å²) < 4.78 is 6.34. The molecule has 0 bridgehead atoms. The van der Waals surface area contributed by atoms with E-state index in [0.29, 0.717) is 36.3 Å². The number of rotatable bonds is 11. The summed E-state index contributed by atoms with van der Waals surface area (Å²) in [6.45, 7) is 6.86. The van der Waals surface area contributed by atoms with Gasteiger partial charge in [0.25, 0.3) is 0 Å². The Bertz CT molecular complexity index is 1370. The van der Waals surface area contributed by atoms with Crippen LogP contribution in [-0.2, 0) is 23.2 Å². The molecule has 0 spiro atoms. The third-order valence-corrected chi connectivity index (χ3v) is 7.39. The molecule has 4 rings (SSSR count). The van der Waals surface area contributed by atoms with Gasteiger partial charge in [-0.1, -0.05) is 91.9 Å². The smallest absolute Gasteiger partial charge is 0.410 e. The second kappa shape index (κ2) is 12.1. The highest BCUT2D eigenvalue weighted by Crippen LogP contribution is 2.28. The molecule has 0 aliphatic heterocycles. The largest absolute Gasteiger partial charge is 0.506 e. The lowest BCUT2D eigenvalue weighted by Crippen LogP contribution is -2.41. The summed E-state index contributed by atoms with van der Waals surface area (Å²) in [4.78, 5) is 29.1. The summed E-state index contributed by atoms with van der Waals surface area (Å²) in [6, 6.07) is 23.3. The lowest BCUT2D eigenvalue weighted by atomic mass is 9.85. The Labute approximate surface area is 220 Å². The predicted molar refractivity (Wildman–Crippen MR) is 148 cm³/mol. The minimum atomic E-state index is -0.384. The van der Waals surface area contributed by atoms with Crippen LogP contribution >= 0.6 is 11.3 Å². The molecule has 1 aromatic heterocycles. The van der Waals surface area contributed by atoms with Crippen molar-refractivity contribution in [3.63, 3.8) is 0 Å². The fraction of sp³-hybridized carbons (Fsp3) is 0.310. The summed E-state index contributed by atoms with van der Waals surface area (Å²) in [5.41, 5.74) is 3.47. The number of thiazole rings is 1. The lowest BCUT2D eigenvalue weighted by Gasteiger charge is -2.27. The van der Waals surface area contributed by atoms with Gasteiger partial charge in [0.1, 0.15) is 17.9 Å². The first-order chi connectivity index (χ1) is 17.8. The van der Waals surface area contributed by atoms with Crippen LogP contribution in [0.25, 0.3) is 10.2 Å². The van der Waals surface area contributed by atoms with Crippen LogP contribution in [0.4, 0.5) is 4.79 Å². The van der Waals surface area contributed by atoms with Gasteiger partial charge in [-0.3, -0.25) is 4.79 Å². The van der Waals surface area contributed by atoms with Crippen LogP contribution in [0, 0.1) is 0 Å². The van der Waals surface area contributed by atoms with E-state index in [1.54, 1.807) is 17.0 Å². The number of hydrogen-bond donors (Lipinski definition) is 3. The number of aromatic amines is 1. The van der Waals surface area contributed by atoms with Gasteiger partial charge in [-0.05, 0) is 29.2 Å². The molecule has 0 radical (unpaired) electrons. The SMILES string of the molecule is CC(C)(CNCCN(CCc1ccc(O)c2[nH]c(=O)sc12)C(=O)OCc1ccccc1)c1ccccc1. The number of ether oxygens (including phenoxy) is 1. The number of carbonyl (C=O) groups excluding carboxylic acids is 1. The summed E-state index contributed by atoms with van der Waals surface area (Å²) in [5, 5.41) is 13.6. The highest BCUT2D eigenvalue weighted by molar-refractivity contribution is 7.16. The number of aromatic nitrogens is 1. The van der Waals surface area contributed by atoms with Crippen LogP contribution in [0.3, 0.4) is 0 Å². The Morgan fingerprint density at radius 2 is 1.73 bits per heavy atom.